The molecule has 6 nitrogen and oxygen atoms in total. The zero-order chi connectivity index (χ0) is 15.8. The second-order valence-electron chi connectivity index (χ2n) is 4.68. The summed E-state index contributed by atoms with van der Waals surface area (Å²) in [6, 6.07) is 0. The van der Waals surface area contributed by atoms with E-state index in [9.17, 15) is 0 Å². The first-order chi connectivity index (χ1) is 10.2. The minimum Gasteiger partial charge on any atom is -0.405 e. The van der Waals surface area contributed by atoms with Crippen LogP contribution in [0.25, 0.3) is 0 Å². The van der Waals surface area contributed by atoms with E-state index in [-0.39, 0.29) is 5.41 Å². The van der Waals surface area contributed by atoms with Crippen LogP contribution in [0.3, 0.4) is 0 Å². The summed E-state index contributed by atoms with van der Waals surface area (Å²) < 4.78 is 16.9. The van der Waals surface area contributed by atoms with Gasteiger partial charge in [0, 0.05) is 5.41 Å². The third-order valence-electron chi connectivity index (χ3n) is 3.03. The smallest absolute Gasteiger partial charge is 0.0664 e. The van der Waals surface area contributed by atoms with Gasteiger partial charge in [-0.15, -0.1) is 0 Å². The summed E-state index contributed by atoms with van der Waals surface area (Å²) >= 11 is 0. The monoisotopic (exact) mass is 299 g/mol. The molecule has 21 heavy (non-hydrogen) atoms. The van der Waals surface area contributed by atoms with Gasteiger partial charge in [-0.05, 0) is 43.2 Å². The Morgan fingerprint density at radius 2 is 1.05 bits per heavy atom. The van der Waals surface area contributed by atoms with Gasteiger partial charge in [-0.1, -0.05) is 6.92 Å². The van der Waals surface area contributed by atoms with E-state index in [1.807, 2.05) is 0 Å². The third-order valence-corrected chi connectivity index (χ3v) is 3.03. The summed E-state index contributed by atoms with van der Waals surface area (Å²) in [7, 11) is 0. The second kappa shape index (κ2) is 13.5. The van der Waals surface area contributed by atoms with Crippen molar-refractivity contribution < 1.29 is 14.2 Å². The van der Waals surface area contributed by atoms with Gasteiger partial charge < -0.3 is 31.4 Å². The van der Waals surface area contributed by atoms with E-state index in [4.69, 9.17) is 31.4 Å². The van der Waals surface area contributed by atoms with E-state index >= 15 is 0 Å². The molecule has 0 aromatic carbocycles. The highest BCUT2D eigenvalue weighted by atomic mass is 16.5. The van der Waals surface area contributed by atoms with Crippen LogP contribution in [0.2, 0.25) is 0 Å². The van der Waals surface area contributed by atoms with Crippen molar-refractivity contribution in [2.45, 2.75) is 13.3 Å². The van der Waals surface area contributed by atoms with Crippen molar-refractivity contribution in [3.63, 3.8) is 0 Å². The summed E-state index contributed by atoms with van der Waals surface area (Å²) in [5.41, 5.74) is 15.7. The Bertz CT molecular complexity index is 272. The molecule has 0 spiro atoms. The Labute approximate surface area is 127 Å². The molecule has 0 fully saturated rings. The molecule has 0 aliphatic carbocycles. The van der Waals surface area contributed by atoms with Crippen molar-refractivity contribution in [3.05, 3.63) is 36.8 Å². The molecule has 0 aromatic rings. The lowest BCUT2D eigenvalue weighted by Gasteiger charge is -2.31. The molecule has 0 aliphatic heterocycles. The number of rotatable bonds is 13. The van der Waals surface area contributed by atoms with Crippen molar-refractivity contribution in [1.29, 1.82) is 0 Å². The zero-order valence-electron chi connectivity index (χ0n) is 12.9. The summed E-state index contributed by atoms with van der Waals surface area (Å²) in [5, 5.41) is 0. The van der Waals surface area contributed by atoms with E-state index < -0.39 is 0 Å². The van der Waals surface area contributed by atoms with Crippen LogP contribution in [0.15, 0.2) is 36.8 Å². The van der Waals surface area contributed by atoms with Gasteiger partial charge in [-0.25, -0.2) is 0 Å². The molecular formula is C15H29N3O3. The molecule has 0 aromatic heterocycles. The Balaban J connectivity index is 4.41. The minimum atomic E-state index is -0.201. The van der Waals surface area contributed by atoms with Crippen LogP contribution in [0.4, 0.5) is 0 Å². The topological polar surface area (TPSA) is 106 Å². The number of ether oxygens (including phenoxy) is 3. The lowest BCUT2D eigenvalue weighted by molar-refractivity contribution is -0.0588. The SMILES string of the molecule is CCC(COC/C=C/N)(COC/C=C/N)COC/C=C/N. The summed E-state index contributed by atoms with van der Waals surface area (Å²) in [4.78, 5) is 0. The van der Waals surface area contributed by atoms with Crippen LogP contribution in [-0.2, 0) is 14.2 Å². The molecule has 6 heteroatoms. The molecule has 0 aliphatic rings. The fourth-order valence-corrected chi connectivity index (χ4v) is 1.63. The maximum atomic E-state index is 5.63. The summed E-state index contributed by atoms with van der Waals surface area (Å²) in [5.74, 6) is 0. The number of nitrogens with two attached hydrogens (primary N) is 3. The molecule has 0 unspecified atom stereocenters. The molecule has 0 bridgehead atoms. The van der Waals surface area contributed by atoms with E-state index in [0.29, 0.717) is 39.6 Å². The van der Waals surface area contributed by atoms with E-state index in [2.05, 4.69) is 6.92 Å². The second-order valence-corrected chi connectivity index (χ2v) is 4.68. The molecule has 0 saturated carbocycles. The first kappa shape index (κ1) is 19.5. The van der Waals surface area contributed by atoms with Gasteiger partial charge in [0.25, 0.3) is 0 Å². The quantitative estimate of drug-likeness (QED) is 0.435. The summed E-state index contributed by atoms with van der Waals surface area (Å²) in [6.45, 7) is 5.12. The highest BCUT2D eigenvalue weighted by Crippen LogP contribution is 2.24. The third kappa shape index (κ3) is 9.95. The van der Waals surface area contributed by atoms with E-state index in [0.717, 1.165) is 6.42 Å². The van der Waals surface area contributed by atoms with Crippen LogP contribution in [-0.4, -0.2) is 39.6 Å². The lowest BCUT2D eigenvalue weighted by Crippen LogP contribution is -2.37. The molecule has 0 atom stereocenters. The van der Waals surface area contributed by atoms with Gasteiger partial charge in [0.2, 0.25) is 0 Å². The minimum absolute atomic E-state index is 0.201. The van der Waals surface area contributed by atoms with Crippen molar-refractivity contribution in [1.82, 2.24) is 0 Å². The lowest BCUT2D eigenvalue weighted by atomic mass is 9.88. The van der Waals surface area contributed by atoms with Crippen LogP contribution in [0, 0.1) is 5.41 Å². The molecule has 122 valence electrons. The van der Waals surface area contributed by atoms with Gasteiger partial charge >= 0.3 is 0 Å². The van der Waals surface area contributed by atoms with Gasteiger partial charge in [0.1, 0.15) is 0 Å². The highest BCUT2D eigenvalue weighted by molar-refractivity contribution is 4.82. The predicted molar refractivity (Wildman–Crippen MR) is 85.2 cm³/mol. The fraction of sp³-hybridized carbons (Fsp3) is 0.600. The largest absolute Gasteiger partial charge is 0.405 e. The average Bonchev–Trinajstić information content (AvgIpc) is 2.51. The average molecular weight is 299 g/mol. The van der Waals surface area contributed by atoms with Gasteiger partial charge in [-0.3, -0.25) is 0 Å². The molecule has 0 saturated heterocycles. The van der Waals surface area contributed by atoms with Gasteiger partial charge in [0.15, 0.2) is 0 Å². The molecule has 0 rings (SSSR count). The van der Waals surface area contributed by atoms with E-state index in [1.54, 1.807) is 18.2 Å². The molecule has 0 radical (unpaired) electrons. The van der Waals surface area contributed by atoms with Crippen molar-refractivity contribution >= 4 is 0 Å². The highest BCUT2D eigenvalue weighted by Gasteiger charge is 2.29. The van der Waals surface area contributed by atoms with Crippen LogP contribution < -0.4 is 17.2 Å². The Morgan fingerprint density at radius 1 is 0.714 bits per heavy atom. The summed E-state index contributed by atoms with van der Waals surface area (Å²) in [6.07, 6.45) is 10.6. The first-order valence-electron chi connectivity index (χ1n) is 7.08. The van der Waals surface area contributed by atoms with Crippen LogP contribution in [0.1, 0.15) is 13.3 Å². The van der Waals surface area contributed by atoms with Crippen molar-refractivity contribution in [2.75, 3.05) is 39.6 Å². The van der Waals surface area contributed by atoms with Crippen molar-refractivity contribution in [3.8, 4) is 0 Å². The fourth-order valence-electron chi connectivity index (χ4n) is 1.63. The van der Waals surface area contributed by atoms with Crippen molar-refractivity contribution in [2.24, 2.45) is 22.6 Å². The Kier molecular flexibility index (Phi) is 12.5. The Morgan fingerprint density at radius 3 is 1.29 bits per heavy atom. The molecule has 6 N–H and O–H groups in total. The normalized spacial score (nSPS) is 13.0. The standard InChI is InChI=1S/C15H29N3O3/c1-2-15(12-19-9-3-6-16,13-20-10-4-7-17)14-21-11-5-8-18/h3-8H,2,9-14,16-18H2,1H3/b6-3+,7-4+,8-5+. The molecular weight excluding hydrogens is 270 g/mol. The van der Waals surface area contributed by atoms with Gasteiger partial charge in [-0.2, -0.15) is 0 Å². The van der Waals surface area contributed by atoms with E-state index in [1.165, 1.54) is 18.6 Å². The van der Waals surface area contributed by atoms with Crippen LogP contribution in [0.5, 0.6) is 0 Å². The maximum Gasteiger partial charge on any atom is 0.0664 e. The zero-order valence-corrected chi connectivity index (χ0v) is 12.9. The first-order valence-corrected chi connectivity index (χ1v) is 7.08. The maximum absolute atomic E-state index is 5.63. The Hall–Kier alpha value is -1.50. The molecule has 0 heterocycles. The van der Waals surface area contributed by atoms with Crippen LogP contribution >= 0.6 is 0 Å². The molecule has 0 amide bonds. The van der Waals surface area contributed by atoms with Gasteiger partial charge in [0.05, 0.1) is 39.6 Å². The predicted octanol–water partition coefficient (Wildman–Crippen LogP) is 0.850. The number of hydrogen-bond acceptors (Lipinski definition) is 6. The number of hydrogen-bond donors (Lipinski definition) is 3.